The lowest BCUT2D eigenvalue weighted by molar-refractivity contribution is 0.0954. The first kappa shape index (κ1) is 15.9. The second-order valence-electron chi connectivity index (χ2n) is 6.00. The van der Waals surface area contributed by atoms with Gasteiger partial charge in [0.25, 0.3) is 5.91 Å². The molecule has 0 spiro atoms. The molecule has 0 fully saturated rings. The van der Waals surface area contributed by atoms with E-state index in [9.17, 15) is 4.79 Å². The normalized spacial score (nSPS) is 11.5. The summed E-state index contributed by atoms with van der Waals surface area (Å²) in [5.74, 6) is -0.196. The molecule has 0 atom stereocenters. The van der Waals surface area contributed by atoms with Crippen LogP contribution in [0.2, 0.25) is 0 Å². The minimum Gasteiger partial charge on any atom is -0.267 e. The van der Waals surface area contributed by atoms with Crippen LogP contribution in [-0.4, -0.2) is 11.6 Å². The molecule has 0 aliphatic carbocycles. The maximum Gasteiger partial charge on any atom is 0.271 e. The third kappa shape index (κ3) is 3.35. The number of aryl methyl sites for hydroxylation is 2. The van der Waals surface area contributed by atoms with Crippen LogP contribution in [0.5, 0.6) is 0 Å². The summed E-state index contributed by atoms with van der Waals surface area (Å²) in [5, 5.41) is 6.59. The van der Waals surface area contributed by atoms with E-state index in [0.29, 0.717) is 5.56 Å². The first-order valence-electron chi connectivity index (χ1n) is 7.95. The van der Waals surface area contributed by atoms with Crippen LogP contribution in [0.3, 0.4) is 0 Å². The first-order valence-corrected chi connectivity index (χ1v) is 7.95. The van der Waals surface area contributed by atoms with Gasteiger partial charge >= 0.3 is 0 Å². The fourth-order valence-electron chi connectivity index (χ4n) is 2.56. The molecule has 120 valence electrons. The summed E-state index contributed by atoms with van der Waals surface area (Å²) in [6.45, 7) is 5.92. The van der Waals surface area contributed by atoms with Crippen LogP contribution in [0.15, 0.2) is 65.8 Å². The smallest absolute Gasteiger partial charge is 0.267 e. The van der Waals surface area contributed by atoms with E-state index in [1.807, 2.05) is 57.2 Å². The average molecular weight is 316 g/mol. The van der Waals surface area contributed by atoms with E-state index in [2.05, 4.69) is 34.8 Å². The van der Waals surface area contributed by atoms with Gasteiger partial charge in [0, 0.05) is 5.56 Å². The predicted octanol–water partition coefficient (Wildman–Crippen LogP) is 4.61. The molecule has 3 rings (SSSR count). The SMILES string of the molecule is CC(=NNC(=O)c1ccc(C)c(C)c1)c1ccc2ccccc2c1. The second-order valence-corrected chi connectivity index (χ2v) is 6.00. The molecular weight excluding hydrogens is 296 g/mol. The van der Waals surface area contributed by atoms with Crippen molar-refractivity contribution >= 4 is 22.4 Å². The molecule has 3 aromatic rings. The van der Waals surface area contributed by atoms with Gasteiger partial charge in [0.15, 0.2) is 0 Å². The van der Waals surface area contributed by atoms with E-state index in [4.69, 9.17) is 0 Å². The largest absolute Gasteiger partial charge is 0.271 e. The molecule has 0 unspecified atom stereocenters. The number of nitrogens with zero attached hydrogens (tertiary/aromatic N) is 1. The Labute approximate surface area is 142 Å². The number of fused-ring (bicyclic) bond motifs is 1. The van der Waals surface area contributed by atoms with Crippen molar-refractivity contribution in [2.75, 3.05) is 0 Å². The Bertz CT molecular complexity index is 941. The monoisotopic (exact) mass is 316 g/mol. The number of rotatable bonds is 3. The number of nitrogens with one attached hydrogen (secondary N) is 1. The summed E-state index contributed by atoms with van der Waals surface area (Å²) in [6.07, 6.45) is 0. The number of amides is 1. The van der Waals surface area contributed by atoms with Gasteiger partial charge in [-0.05, 0) is 66.4 Å². The van der Waals surface area contributed by atoms with E-state index in [1.54, 1.807) is 0 Å². The highest BCUT2D eigenvalue weighted by Gasteiger charge is 2.06. The number of hydrogen-bond acceptors (Lipinski definition) is 2. The Morgan fingerprint density at radius 2 is 1.54 bits per heavy atom. The highest BCUT2D eigenvalue weighted by molar-refractivity contribution is 6.03. The van der Waals surface area contributed by atoms with Crippen molar-refractivity contribution in [1.29, 1.82) is 0 Å². The van der Waals surface area contributed by atoms with Crippen LogP contribution >= 0.6 is 0 Å². The average Bonchev–Trinajstić information content (AvgIpc) is 2.61. The first-order chi connectivity index (χ1) is 11.5. The van der Waals surface area contributed by atoms with Crippen molar-refractivity contribution in [3.8, 4) is 0 Å². The summed E-state index contributed by atoms with van der Waals surface area (Å²) in [5.41, 5.74) is 7.29. The molecule has 0 bridgehead atoms. The van der Waals surface area contributed by atoms with E-state index in [1.165, 1.54) is 10.9 Å². The minimum absolute atomic E-state index is 0.196. The Hall–Kier alpha value is -2.94. The highest BCUT2D eigenvalue weighted by atomic mass is 16.2. The number of hydrazone groups is 1. The van der Waals surface area contributed by atoms with Gasteiger partial charge in [-0.15, -0.1) is 0 Å². The molecule has 24 heavy (non-hydrogen) atoms. The standard InChI is InChI=1S/C21H20N2O/c1-14-8-9-20(12-15(14)2)21(24)23-22-16(3)18-11-10-17-6-4-5-7-19(17)13-18/h4-13H,1-3H3,(H,23,24). The van der Waals surface area contributed by atoms with Crippen molar-refractivity contribution < 1.29 is 4.79 Å². The van der Waals surface area contributed by atoms with Crippen LogP contribution in [0, 0.1) is 13.8 Å². The van der Waals surface area contributed by atoms with Gasteiger partial charge in [-0.1, -0.05) is 42.5 Å². The number of carbonyl (C=O) groups is 1. The van der Waals surface area contributed by atoms with Crippen molar-refractivity contribution in [1.82, 2.24) is 5.43 Å². The zero-order valence-corrected chi connectivity index (χ0v) is 14.1. The lowest BCUT2D eigenvalue weighted by Crippen LogP contribution is -2.19. The Morgan fingerprint density at radius 3 is 2.29 bits per heavy atom. The Morgan fingerprint density at radius 1 is 0.833 bits per heavy atom. The number of benzene rings is 3. The maximum absolute atomic E-state index is 12.2. The summed E-state index contributed by atoms with van der Waals surface area (Å²) in [7, 11) is 0. The summed E-state index contributed by atoms with van der Waals surface area (Å²) >= 11 is 0. The van der Waals surface area contributed by atoms with Gasteiger partial charge in [-0.2, -0.15) is 5.10 Å². The summed E-state index contributed by atoms with van der Waals surface area (Å²) in [4.78, 5) is 12.2. The summed E-state index contributed by atoms with van der Waals surface area (Å²) in [6, 6.07) is 20.0. The van der Waals surface area contributed by atoms with Gasteiger partial charge in [0.1, 0.15) is 0 Å². The highest BCUT2D eigenvalue weighted by Crippen LogP contribution is 2.16. The van der Waals surface area contributed by atoms with Crippen molar-refractivity contribution in [3.63, 3.8) is 0 Å². The molecule has 0 heterocycles. The molecule has 0 saturated heterocycles. The topological polar surface area (TPSA) is 41.5 Å². The quantitative estimate of drug-likeness (QED) is 0.556. The van der Waals surface area contributed by atoms with Crippen LogP contribution in [0.25, 0.3) is 10.8 Å². The van der Waals surface area contributed by atoms with Gasteiger partial charge in [0.05, 0.1) is 5.71 Å². The summed E-state index contributed by atoms with van der Waals surface area (Å²) < 4.78 is 0. The molecule has 3 aromatic carbocycles. The van der Waals surface area contributed by atoms with E-state index in [-0.39, 0.29) is 5.91 Å². The van der Waals surface area contributed by atoms with Gasteiger partial charge in [0.2, 0.25) is 0 Å². The number of carbonyl (C=O) groups excluding carboxylic acids is 1. The molecule has 0 saturated carbocycles. The third-order valence-corrected chi connectivity index (χ3v) is 4.26. The van der Waals surface area contributed by atoms with Gasteiger partial charge in [-0.3, -0.25) is 4.79 Å². The third-order valence-electron chi connectivity index (χ3n) is 4.26. The van der Waals surface area contributed by atoms with E-state index < -0.39 is 0 Å². The zero-order chi connectivity index (χ0) is 17.1. The molecule has 0 aromatic heterocycles. The number of hydrogen-bond donors (Lipinski definition) is 1. The molecular formula is C21H20N2O. The van der Waals surface area contributed by atoms with Gasteiger partial charge in [-0.25, -0.2) is 5.43 Å². The molecule has 3 heteroatoms. The predicted molar refractivity (Wildman–Crippen MR) is 99.5 cm³/mol. The van der Waals surface area contributed by atoms with Crippen LogP contribution in [0.1, 0.15) is 34.0 Å². The van der Waals surface area contributed by atoms with Gasteiger partial charge < -0.3 is 0 Å². The Kier molecular flexibility index (Phi) is 4.43. The zero-order valence-electron chi connectivity index (χ0n) is 14.1. The molecule has 3 nitrogen and oxygen atoms in total. The molecule has 1 N–H and O–H groups in total. The second kappa shape index (κ2) is 6.67. The van der Waals surface area contributed by atoms with Crippen molar-refractivity contribution in [3.05, 3.63) is 82.9 Å². The van der Waals surface area contributed by atoms with Crippen molar-refractivity contribution in [2.24, 2.45) is 5.10 Å². The lowest BCUT2D eigenvalue weighted by Gasteiger charge is -2.06. The molecule has 0 aliphatic rings. The van der Waals surface area contributed by atoms with Crippen LogP contribution < -0.4 is 5.43 Å². The van der Waals surface area contributed by atoms with E-state index in [0.717, 1.165) is 22.2 Å². The van der Waals surface area contributed by atoms with Crippen LogP contribution in [-0.2, 0) is 0 Å². The van der Waals surface area contributed by atoms with Crippen LogP contribution in [0.4, 0.5) is 0 Å². The maximum atomic E-state index is 12.2. The van der Waals surface area contributed by atoms with Crippen molar-refractivity contribution in [2.45, 2.75) is 20.8 Å². The Balaban J connectivity index is 1.79. The molecule has 0 aliphatic heterocycles. The molecule has 0 radical (unpaired) electrons. The fraction of sp³-hybridized carbons (Fsp3) is 0.143. The fourth-order valence-corrected chi connectivity index (χ4v) is 2.56. The minimum atomic E-state index is -0.196. The lowest BCUT2D eigenvalue weighted by atomic mass is 10.0. The van der Waals surface area contributed by atoms with E-state index >= 15 is 0 Å². The molecule has 1 amide bonds.